The maximum Gasteiger partial charge on any atom is 0.0528 e. The van der Waals surface area contributed by atoms with Gasteiger partial charge in [-0.05, 0) is 22.3 Å². The predicted octanol–water partition coefficient (Wildman–Crippen LogP) is 6.10. The Kier molecular flexibility index (Phi) is 7.64. The largest absolute Gasteiger partial charge is 0.0640 e. The molecule has 2 heteroatoms. The second kappa shape index (κ2) is 11.3. The molecule has 0 nitrogen and oxygen atoms in total. The highest BCUT2D eigenvalue weighted by molar-refractivity contribution is 6.78. The summed E-state index contributed by atoms with van der Waals surface area (Å²) >= 11 is 0. The second-order valence-corrected chi connectivity index (χ2v) is 13.1. The lowest BCUT2D eigenvalue weighted by atomic mass is 10.1. The molecule has 0 heterocycles. The molecule has 0 bridgehead atoms. The zero-order valence-electron chi connectivity index (χ0n) is 17.8. The zero-order chi connectivity index (χ0) is 21.1. The molecule has 0 aliphatic rings. The molecule has 0 atom stereocenters. The molecule has 0 N–H and O–H groups in total. The number of hydrogen-bond donors (Lipinski definition) is 0. The van der Waals surface area contributed by atoms with Crippen LogP contribution in [0, 0.1) is 0 Å². The van der Waals surface area contributed by atoms with Crippen LogP contribution in [0.3, 0.4) is 0 Å². The second-order valence-electron chi connectivity index (χ2n) is 7.75. The van der Waals surface area contributed by atoms with Gasteiger partial charge in [0, 0.05) is 0 Å². The molecule has 0 unspecified atom stereocenters. The third-order valence-electron chi connectivity index (χ3n) is 5.46. The zero-order valence-corrected chi connectivity index (χ0v) is 20.7. The molecule has 0 spiro atoms. The smallest absolute Gasteiger partial charge is 0.0528 e. The van der Waals surface area contributed by atoms with Crippen LogP contribution in [-0.4, -0.2) is 19.0 Å². The number of benzene rings is 4. The van der Waals surface area contributed by atoms with Gasteiger partial charge in [-0.3, -0.25) is 0 Å². The van der Waals surface area contributed by atoms with Crippen LogP contribution in [0.5, 0.6) is 0 Å². The summed E-state index contributed by atoms with van der Waals surface area (Å²) in [7, 11) is -0.743. The molecule has 0 saturated carbocycles. The van der Waals surface area contributed by atoms with Gasteiger partial charge in [0.1, 0.15) is 0 Å². The fourth-order valence-corrected chi connectivity index (χ4v) is 9.44. The molecule has 0 aliphatic heterocycles. The Morgan fingerprint density at radius 2 is 0.774 bits per heavy atom. The van der Waals surface area contributed by atoms with Crippen LogP contribution >= 0.6 is 0 Å². The van der Waals surface area contributed by atoms with Crippen molar-refractivity contribution < 1.29 is 0 Å². The van der Waals surface area contributed by atoms with E-state index in [0.29, 0.717) is 0 Å². The van der Waals surface area contributed by atoms with E-state index in [9.17, 15) is 0 Å². The summed E-state index contributed by atoms with van der Waals surface area (Å²) in [6.45, 7) is 0. The Labute approximate surface area is 190 Å². The van der Waals surface area contributed by atoms with Gasteiger partial charge in [-0.25, -0.2) is 0 Å². The SMILES string of the molecule is C(=C([SiH2]C[SiH2]C(=Cc1ccccc1)c1ccccc1)c1ccccc1)c1ccccc1. The van der Waals surface area contributed by atoms with Crippen LogP contribution in [0.25, 0.3) is 22.5 Å². The van der Waals surface area contributed by atoms with Gasteiger partial charge in [-0.2, -0.15) is 0 Å². The van der Waals surface area contributed by atoms with Gasteiger partial charge in [0.15, 0.2) is 0 Å². The third-order valence-corrected chi connectivity index (χ3v) is 10.6. The Morgan fingerprint density at radius 1 is 0.452 bits per heavy atom. The van der Waals surface area contributed by atoms with Gasteiger partial charge in [0.2, 0.25) is 0 Å². The Morgan fingerprint density at radius 3 is 1.13 bits per heavy atom. The van der Waals surface area contributed by atoms with Gasteiger partial charge in [0.05, 0.1) is 19.0 Å². The van der Waals surface area contributed by atoms with E-state index in [1.807, 2.05) is 0 Å². The Hall–Kier alpha value is -3.21. The van der Waals surface area contributed by atoms with Gasteiger partial charge in [-0.1, -0.05) is 150 Å². The van der Waals surface area contributed by atoms with Crippen molar-refractivity contribution in [3.8, 4) is 0 Å². The van der Waals surface area contributed by atoms with E-state index in [4.69, 9.17) is 0 Å². The molecule has 0 fully saturated rings. The third kappa shape index (κ3) is 6.38. The molecule has 4 aromatic rings. The monoisotopic (exact) mass is 432 g/mol. The first kappa shape index (κ1) is 21.0. The molecule has 4 aromatic carbocycles. The highest BCUT2D eigenvalue weighted by Crippen LogP contribution is 2.21. The normalized spacial score (nSPS) is 12.8. The lowest BCUT2D eigenvalue weighted by Gasteiger charge is -2.11. The van der Waals surface area contributed by atoms with E-state index in [1.165, 1.54) is 27.9 Å². The summed E-state index contributed by atoms with van der Waals surface area (Å²) in [6.07, 6.45) is 4.83. The molecule has 0 saturated heterocycles. The van der Waals surface area contributed by atoms with E-state index in [2.05, 4.69) is 133 Å². The van der Waals surface area contributed by atoms with E-state index in [0.717, 1.165) is 0 Å². The van der Waals surface area contributed by atoms with Crippen LogP contribution in [-0.2, 0) is 0 Å². The number of hydrogen-bond acceptors (Lipinski definition) is 0. The summed E-state index contributed by atoms with van der Waals surface area (Å²) in [5, 5.41) is 3.12. The van der Waals surface area contributed by atoms with Crippen LogP contribution < -0.4 is 0 Å². The van der Waals surface area contributed by atoms with Crippen molar-refractivity contribution in [2.75, 3.05) is 0 Å². The van der Waals surface area contributed by atoms with E-state index >= 15 is 0 Å². The first-order valence-electron chi connectivity index (χ1n) is 11.0. The topological polar surface area (TPSA) is 0 Å². The molecular formula is C29H28Si2. The summed E-state index contributed by atoms with van der Waals surface area (Å²) in [5.74, 6) is 0. The van der Waals surface area contributed by atoms with E-state index in [1.54, 1.807) is 10.4 Å². The first-order valence-corrected chi connectivity index (χ1v) is 14.4. The molecule has 0 aliphatic carbocycles. The highest BCUT2D eigenvalue weighted by Gasteiger charge is 2.07. The Bertz CT molecular complexity index is 1020. The van der Waals surface area contributed by atoms with E-state index < -0.39 is 0 Å². The van der Waals surface area contributed by atoms with Crippen LogP contribution in [0.15, 0.2) is 121 Å². The highest BCUT2D eigenvalue weighted by atomic mass is 28.3. The summed E-state index contributed by atoms with van der Waals surface area (Å²) < 4.78 is 0. The summed E-state index contributed by atoms with van der Waals surface area (Å²) in [4.78, 5) is 0. The van der Waals surface area contributed by atoms with Crippen molar-refractivity contribution >= 4 is 41.6 Å². The van der Waals surface area contributed by atoms with Crippen LogP contribution in [0.1, 0.15) is 22.3 Å². The van der Waals surface area contributed by atoms with Gasteiger partial charge in [0.25, 0.3) is 0 Å². The Balaban J connectivity index is 1.55. The maximum absolute atomic E-state index is 2.42. The minimum absolute atomic E-state index is 0.372. The fourth-order valence-electron chi connectivity index (χ4n) is 3.87. The van der Waals surface area contributed by atoms with Crippen molar-refractivity contribution in [1.29, 1.82) is 0 Å². The average Bonchev–Trinajstić information content (AvgIpc) is 2.85. The molecule has 0 amide bonds. The van der Waals surface area contributed by atoms with Gasteiger partial charge >= 0.3 is 0 Å². The number of rotatable bonds is 8. The molecule has 4 rings (SSSR count). The minimum atomic E-state index is -0.372. The minimum Gasteiger partial charge on any atom is -0.0640 e. The van der Waals surface area contributed by atoms with Gasteiger partial charge < -0.3 is 0 Å². The summed E-state index contributed by atoms with van der Waals surface area (Å²) in [6, 6.07) is 43.4. The van der Waals surface area contributed by atoms with Crippen molar-refractivity contribution in [2.24, 2.45) is 0 Å². The lowest BCUT2D eigenvalue weighted by molar-refractivity contribution is 1.63. The van der Waals surface area contributed by atoms with Crippen molar-refractivity contribution in [3.63, 3.8) is 0 Å². The average molecular weight is 433 g/mol. The van der Waals surface area contributed by atoms with Crippen molar-refractivity contribution in [1.82, 2.24) is 0 Å². The van der Waals surface area contributed by atoms with Crippen LogP contribution in [0.4, 0.5) is 0 Å². The predicted molar refractivity (Wildman–Crippen MR) is 143 cm³/mol. The van der Waals surface area contributed by atoms with Gasteiger partial charge in [-0.15, -0.1) is 0 Å². The van der Waals surface area contributed by atoms with Crippen molar-refractivity contribution in [3.05, 3.63) is 144 Å². The van der Waals surface area contributed by atoms with Crippen LogP contribution in [0.2, 0.25) is 5.67 Å². The summed E-state index contributed by atoms with van der Waals surface area (Å²) in [5.41, 5.74) is 6.76. The molecule has 0 aromatic heterocycles. The molecule has 152 valence electrons. The quantitative estimate of drug-likeness (QED) is 0.233. The molecule has 31 heavy (non-hydrogen) atoms. The maximum atomic E-state index is 2.42. The standard InChI is InChI=1S/C29H28Si2/c1-5-13-24(14-6-1)21-28(26-17-9-3-10-18-26)30-23-31-29(27-19-11-4-12-20-27)22-25-15-7-2-8-16-25/h1-22H,23,30-31H2. The first-order chi connectivity index (χ1) is 15.4. The molecule has 0 radical (unpaired) electrons. The molecular weight excluding hydrogens is 404 g/mol. The van der Waals surface area contributed by atoms with E-state index in [-0.39, 0.29) is 19.0 Å². The van der Waals surface area contributed by atoms with Crippen molar-refractivity contribution in [2.45, 2.75) is 5.67 Å². The lowest BCUT2D eigenvalue weighted by Crippen LogP contribution is -2.04. The fraction of sp³-hybridized carbons (Fsp3) is 0.0345.